The molecule has 7 heteroatoms. The largest absolute Gasteiger partial charge is 0.485 e. The van der Waals surface area contributed by atoms with Crippen molar-refractivity contribution in [1.29, 1.82) is 0 Å². The van der Waals surface area contributed by atoms with Gasteiger partial charge in [-0.25, -0.2) is 0 Å². The molecular weight excluding hydrogens is 396 g/mol. The molecule has 0 unspecified atom stereocenters. The van der Waals surface area contributed by atoms with Gasteiger partial charge in [-0.2, -0.15) is 0 Å². The molecule has 30 heavy (non-hydrogen) atoms. The predicted molar refractivity (Wildman–Crippen MR) is 121 cm³/mol. The molecule has 0 aliphatic heterocycles. The van der Waals surface area contributed by atoms with E-state index in [4.69, 9.17) is 4.74 Å². The first-order valence-corrected chi connectivity index (χ1v) is 10.7. The Morgan fingerprint density at radius 3 is 2.50 bits per heavy atom. The summed E-state index contributed by atoms with van der Waals surface area (Å²) >= 11 is 1.34. The second-order valence-electron chi connectivity index (χ2n) is 7.01. The van der Waals surface area contributed by atoms with Crippen molar-refractivity contribution in [3.8, 4) is 5.75 Å². The lowest BCUT2D eigenvalue weighted by Crippen LogP contribution is -2.15. The molecule has 2 aromatic carbocycles. The van der Waals surface area contributed by atoms with Gasteiger partial charge in [0.05, 0.1) is 5.75 Å². The molecule has 0 bridgehead atoms. The topological polar surface area (TPSA) is 69.0 Å². The van der Waals surface area contributed by atoms with Crippen LogP contribution in [0.5, 0.6) is 5.75 Å². The van der Waals surface area contributed by atoms with Crippen LogP contribution in [0.1, 0.15) is 22.5 Å². The molecule has 3 aromatic rings. The molecular formula is C23H26N4O2S. The predicted octanol–water partition coefficient (Wildman–Crippen LogP) is 4.70. The van der Waals surface area contributed by atoms with Crippen LogP contribution in [0.4, 0.5) is 5.69 Å². The monoisotopic (exact) mass is 422 g/mol. The molecule has 3 rings (SSSR count). The Morgan fingerprint density at radius 2 is 1.83 bits per heavy atom. The Bertz CT molecular complexity index is 1010. The maximum absolute atomic E-state index is 12.3. The number of thioether (sulfide) groups is 1. The average molecular weight is 423 g/mol. The summed E-state index contributed by atoms with van der Waals surface area (Å²) in [6.07, 6.45) is 1.78. The van der Waals surface area contributed by atoms with Crippen LogP contribution in [-0.4, -0.2) is 26.4 Å². The maximum atomic E-state index is 12.3. The number of hydrogen-bond acceptors (Lipinski definition) is 5. The number of allylic oxidation sites excluding steroid dienone is 1. The van der Waals surface area contributed by atoms with E-state index in [1.165, 1.54) is 11.8 Å². The highest BCUT2D eigenvalue weighted by Crippen LogP contribution is 2.24. The standard InChI is InChI=1S/C23H26N4O2S/c1-5-13-27-20(14-29-22-17(3)7-6-8-18(22)4)25-26-23(27)30-15-21(28)24-19-11-9-16(2)10-12-19/h5-12H,1,13-15H2,2-4H3,(H,24,28). The molecule has 1 aromatic heterocycles. The summed E-state index contributed by atoms with van der Waals surface area (Å²) in [5.74, 6) is 1.70. The first kappa shape index (κ1) is 21.6. The van der Waals surface area contributed by atoms with E-state index >= 15 is 0 Å². The minimum atomic E-state index is -0.0923. The van der Waals surface area contributed by atoms with E-state index in [1.807, 2.05) is 67.8 Å². The number of hydrogen-bond donors (Lipinski definition) is 1. The zero-order valence-corrected chi connectivity index (χ0v) is 18.3. The number of aromatic nitrogens is 3. The molecule has 0 spiro atoms. The van der Waals surface area contributed by atoms with E-state index in [0.717, 1.165) is 28.1 Å². The van der Waals surface area contributed by atoms with Crippen molar-refractivity contribution in [2.75, 3.05) is 11.1 Å². The van der Waals surface area contributed by atoms with E-state index in [0.29, 0.717) is 24.1 Å². The normalized spacial score (nSPS) is 10.6. The molecule has 0 saturated heterocycles. The number of aryl methyl sites for hydroxylation is 3. The number of ether oxygens (including phenoxy) is 1. The third-order valence-corrected chi connectivity index (χ3v) is 5.49. The molecule has 0 fully saturated rings. The highest BCUT2D eigenvalue weighted by Gasteiger charge is 2.15. The van der Waals surface area contributed by atoms with Crippen LogP contribution in [0, 0.1) is 20.8 Å². The van der Waals surface area contributed by atoms with Crippen LogP contribution >= 0.6 is 11.8 Å². The zero-order chi connectivity index (χ0) is 21.5. The fraction of sp³-hybridized carbons (Fsp3) is 0.261. The summed E-state index contributed by atoms with van der Waals surface area (Å²) in [6.45, 7) is 10.7. The molecule has 1 heterocycles. The van der Waals surface area contributed by atoms with Gasteiger partial charge in [-0.05, 0) is 44.0 Å². The lowest BCUT2D eigenvalue weighted by atomic mass is 10.1. The molecule has 1 N–H and O–H groups in total. The molecule has 0 aliphatic rings. The molecule has 0 saturated carbocycles. The Hall–Kier alpha value is -3.06. The van der Waals surface area contributed by atoms with Crippen LogP contribution in [0.3, 0.4) is 0 Å². The van der Waals surface area contributed by atoms with E-state index < -0.39 is 0 Å². The third-order valence-electron chi connectivity index (χ3n) is 4.53. The van der Waals surface area contributed by atoms with Gasteiger partial charge in [0, 0.05) is 12.2 Å². The van der Waals surface area contributed by atoms with E-state index in [-0.39, 0.29) is 11.7 Å². The summed E-state index contributed by atoms with van der Waals surface area (Å²) in [6, 6.07) is 13.8. The first-order valence-electron chi connectivity index (χ1n) is 9.69. The maximum Gasteiger partial charge on any atom is 0.234 e. The van der Waals surface area contributed by atoms with Crippen molar-refractivity contribution in [2.45, 2.75) is 39.1 Å². The van der Waals surface area contributed by atoms with Crippen LogP contribution < -0.4 is 10.1 Å². The number of para-hydroxylation sites is 1. The summed E-state index contributed by atoms with van der Waals surface area (Å²) in [5.41, 5.74) is 4.08. The fourth-order valence-electron chi connectivity index (χ4n) is 2.97. The second-order valence-corrected chi connectivity index (χ2v) is 7.95. The van der Waals surface area contributed by atoms with Crippen molar-refractivity contribution in [3.63, 3.8) is 0 Å². The first-order chi connectivity index (χ1) is 14.5. The SMILES string of the molecule is C=CCn1c(COc2c(C)cccc2C)nnc1SCC(=O)Nc1ccc(C)cc1. The van der Waals surface area contributed by atoms with Gasteiger partial charge in [-0.15, -0.1) is 16.8 Å². The minimum absolute atomic E-state index is 0.0923. The summed E-state index contributed by atoms with van der Waals surface area (Å²) < 4.78 is 7.94. The smallest absolute Gasteiger partial charge is 0.234 e. The van der Waals surface area contributed by atoms with Crippen LogP contribution in [0.15, 0.2) is 60.3 Å². The van der Waals surface area contributed by atoms with Gasteiger partial charge in [0.25, 0.3) is 0 Å². The number of benzene rings is 2. The van der Waals surface area contributed by atoms with Gasteiger partial charge in [-0.1, -0.05) is 53.7 Å². The van der Waals surface area contributed by atoms with Gasteiger partial charge in [0.15, 0.2) is 11.0 Å². The Kier molecular flexibility index (Phi) is 7.30. The van der Waals surface area contributed by atoms with Crippen LogP contribution in [-0.2, 0) is 17.9 Å². The van der Waals surface area contributed by atoms with Crippen molar-refractivity contribution in [2.24, 2.45) is 0 Å². The molecule has 0 atom stereocenters. The molecule has 0 aliphatic carbocycles. The van der Waals surface area contributed by atoms with Gasteiger partial charge in [-0.3, -0.25) is 9.36 Å². The number of rotatable bonds is 9. The highest BCUT2D eigenvalue weighted by molar-refractivity contribution is 7.99. The van der Waals surface area contributed by atoms with E-state index in [2.05, 4.69) is 22.1 Å². The Labute approximate surface area is 181 Å². The molecule has 0 radical (unpaired) electrons. The van der Waals surface area contributed by atoms with Gasteiger partial charge < -0.3 is 10.1 Å². The summed E-state index contributed by atoms with van der Waals surface area (Å²) in [5, 5.41) is 12.1. The van der Waals surface area contributed by atoms with Crippen LogP contribution in [0.25, 0.3) is 0 Å². The van der Waals surface area contributed by atoms with Gasteiger partial charge in [0.1, 0.15) is 12.4 Å². The Balaban J connectivity index is 1.64. The number of carbonyl (C=O) groups excluding carboxylic acids is 1. The molecule has 6 nitrogen and oxygen atoms in total. The lowest BCUT2D eigenvalue weighted by Gasteiger charge is -2.12. The number of anilines is 1. The van der Waals surface area contributed by atoms with Crippen molar-refractivity contribution in [3.05, 3.63) is 77.6 Å². The second kappa shape index (κ2) is 10.1. The summed E-state index contributed by atoms with van der Waals surface area (Å²) in [7, 11) is 0. The van der Waals surface area contributed by atoms with Crippen molar-refractivity contribution < 1.29 is 9.53 Å². The molecule has 156 valence electrons. The lowest BCUT2D eigenvalue weighted by molar-refractivity contribution is -0.113. The molecule has 1 amide bonds. The number of amides is 1. The van der Waals surface area contributed by atoms with E-state index in [9.17, 15) is 4.79 Å². The van der Waals surface area contributed by atoms with E-state index in [1.54, 1.807) is 6.08 Å². The zero-order valence-electron chi connectivity index (χ0n) is 17.5. The quantitative estimate of drug-likeness (QED) is 0.400. The van der Waals surface area contributed by atoms with Crippen molar-refractivity contribution >= 4 is 23.4 Å². The average Bonchev–Trinajstić information content (AvgIpc) is 3.10. The van der Waals surface area contributed by atoms with Crippen LogP contribution in [0.2, 0.25) is 0 Å². The van der Waals surface area contributed by atoms with Gasteiger partial charge in [0.2, 0.25) is 5.91 Å². The van der Waals surface area contributed by atoms with Gasteiger partial charge >= 0.3 is 0 Å². The summed E-state index contributed by atoms with van der Waals surface area (Å²) in [4.78, 5) is 12.3. The third kappa shape index (κ3) is 5.51. The number of carbonyl (C=O) groups is 1. The highest BCUT2D eigenvalue weighted by atomic mass is 32.2. The minimum Gasteiger partial charge on any atom is -0.485 e. The fourth-order valence-corrected chi connectivity index (χ4v) is 3.74. The van der Waals surface area contributed by atoms with Crippen molar-refractivity contribution in [1.82, 2.24) is 14.8 Å². The number of nitrogens with zero attached hydrogens (tertiary/aromatic N) is 3. The number of nitrogens with one attached hydrogen (secondary N) is 1. The Morgan fingerprint density at radius 1 is 1.13 bits per heavy atom.